The predicted octanol–water partition coefficient (Wildman–Crippen LogP) is 6.11. The highest BCUT2D eigenvalue weighted by molar-refractivity contribution is 5.88. The number of rotatable bonds is 6. The van der Waals surface area contributed by atoms with Crippen LogP contribution < -0.4 is 4.74 Å². The number of esters is 1. The van der Waals surface area contributed by atoms with E-state index in [1.165, 1.54) is 44.6 Å². The van der Waals surface area contributed by atoms with Crippen molar-refractivity contribution >= 4 is 12.0 Å². The van der Waals surface area contributed by atoms with E-state index in [2.05, 4.69) is 6.07 Å². The molecular formula is C28H32O4. The lowest BCUT2D eigenvalue weighted by molar-refractivity contribution is -0.137. The zero-order chi connectivity index (χ0) is 22.3. The zero-order valence-electron chi connectivity index (χ0n) is 19.0. The number of benzene rings is 2. The van der Waals surface area contributed by atoms with Crippen LogP contribution in [0.1, 0.15) is 56.6 Å². The lowest BCUT2D eigenvalue weighted by atomic mass is 9.48. The van der Waals surface area contributed by atoms with Gasteiger partial charge in [-0.05, 0) is 110 Å². The van der Waals surface area contributed by atoms with Gasteiger partial charge in [0.05, 0.1) is 13.7 Å². The van der Waals surface area contributed by atoms with Crippen LogP contribution in [0, 0.1) is 17.8 Å². The second-order valence-corrected chi connectivity index (χ2v) is 9.97. The van der Waals surface area contributed by atoms with Crippen LogP contribution in [0.3, 0.4) is 0 Å². The van der Waals surface area contributed by atoms with Gasteiger partial charge in [-0.15, -0.1) is 0 Å². The van der Waals surface area contributed by atoms with Gasteiger partial charge < -0.3 is 14.6 Å². The first-order chi connectivity index (χ1) is 15.5. The molecular weight excluding hydrogens is 400 g/mol. The Morgan fingerprint density at radius 1 is 1.03 bits per heavy atom. The molecule has 32 heavy (non-hydrogen) atoms. The van der Waals surface area contributed by atoms with Crippen LogP contribution in [0.4, 0.5) is 0 Å². The first-order valence-corrected chi connectivity index (χ1v) is 11.9. The van der Waals surface area contributed by atoms with Gasteiger partial charge in [-0.2, -0.15) is 0 Å². The van der Waals surface area contributed by atoms with Crippen molar-refractivity contribution in [3.8, 4) is 22.6 Å². The Hall–Kier alpha value is -2.75. The molecule has 0 unspecified atom stereocenters. The molecule has 0 spiro atoms. The highest BCUT2D eigenvalue weighted by Crippen LogP contribution is 2.62. The summed E-state index contributed by atoms with van der Waals surface area (Å²) in [5.41, 5.74) is 4.21. The Bertz CT molecular complexity index is 1020. The Labute approximate surface area is 190 Å². The van der Waals surface area contributed by atoms with E-state index in [4.69, 9.17) is 9.47 Å². The fraction of sp³-hybridized carbons (Fsp3) is 0.464. The molecule has 0 amide bonds. The summed E-state index contributed by atoms with van der Waals surface area (Å²) in [6, 6.07) is 12.1. The van der Waals surface area contributed by atoms with E-state index in [0.29, 0.717) is 18.1 Å². The van der Waals surface area contributed by atoms with Crippen LogP contribution in [0.15, 0.2) is 42.5 Å². The van der Waals surface area contributed by atoms with Crippen molar-refractivity contribution in [2.45, 2.75) is 50.9 Å². The third kappa shape index (κ3) is 3.80. The standard InChI is InChI=1S/C28H32O4/c1-3-32-27(30)9-6-23-13-21(5-8-26(23)31-2)22-4-7-25(29)24(14-22)28-15-18-10-19(16-28)12-20(11-18)17-28/h4-9,13-14,18-20,29H,3,10-12,15-17H2,1-2H3/b9-6+. The first kappa shape index (κ1) is 21.1. The molecule has 4 saturated carbocycles. The molecule has 0 heterocycles. The highest BCUT2D eigenvalue weighted by atomic mass is 16.5. The van der Waals surface area contributed by atoms with E-state index in [1.807, 2.05) is 30.3 Å². The van der Waals surface area contributed by atoms with Crippen LogP contribution in [0.2, 0.25) is 0 Å². The number of ether oxygens (including phenoxy) is 2. The van der Waals surface area contributed by atoms with E-state index in [0.717, 1.165) is 40.0 Å². The van der Waals surface area contributed by atoms with E-state index < -0.39 is 0 Å². The zero-order valence-corrected chi connectivity index (χ0v) is 19.0. The van der Waals surface area contributed by atoms with E-state index in [9.17, 15) is 9.90 Å². The Morgan fingerprint density at radius 3 is 2.28 bits per heavy atom. The van der Waals surface area contributed by atoms with Gasteiger partial charge in [0.2, 0.25) is 0 Å². The van der Waals surface area contributed by atoms with Crippen molar-refractivity contribution in [3.05, 3.63) is 53.6 Å². The van der Waals surface area contributed by atoms with Gasteiger partial charge in [0.1, 0.15) is 11.5 Å². The van der Waals surface area contributed by atoms with Crippen LogP contribution in [-0.2, 0) is 14.9 Å². The number of hydrogen-bond donors (Lipinski definition) is 1. The third-order valence-corrected chi connectivity index (χ3v) is 7.85. The number of aromatic hydroxyl groups is 1. The maximum atomic E-state index is 11.8. The maximum Gasteiger partial charge on any atom is 0.330 e. The largest absolute Gasteiger partial charge is 0.508 e. The van der Waals surface area contributed by atoms with Crippen molar-refractivity contribution in [3.63, 3.8) is 0 Å². The summed E-state index contributed by atoms with van der Waals surface area (Å²) in [6.45, 7) is 2.14. The quantitative estimate of drug-likeness (QED) is 0.442. The number of methoxy groups -OCH3 is 1. The molecule has 1 N–H and O–H groups in total. The average molecular weight is 433 g/mol. The van der Waals surface area contributed by atoms with Gasteiger partial charge in [0.25, 0.3) is 0 Å². The smallest absolute Gasteiger partial charge is 0.330 e. The summed E-state index contributed by atoms with van der Waals surface area (Å²) in [4.78, 5) is 11.8. The highest BCUT2D eigenvalue weighted by Gasteiger charge is 2.52. The van der Waals surface area contributed by atoms with E-state index in [1.54, 1.807) is 20.1 Å². The molecule has 4 aliphatic rings. The summed E-state index contributed by atoms with van der Waals surface area (Å²) in [5, 5.41) is 10.9. The van der Waals surface area contributed by atoms with Gasteiger partial charge in [0, 0.05) is 17.2 Å². The van der Waals surface area contributed by atoms with Gasteiger partial charge >= 0.3 is 5.97 Å². The molecule has 168 valence electrons. The average Bonchev–Trinajstić information content (AvgIpc) is 2.77. The molecule has 2 aromatic rings. The molecule has 6 rings (SSSR count). The molecule has 4 aliphatic carbocycles. The minimum atomic E-state index is -0.367. The molecule has 0 saturated heterocycles. The number of carbonyl (C=O) groups is 1. The van der Waals surface area contributed by atoms with Crippen LogP contribution >= 0.6 is 0 Å². The summed E-state index contributed by atoms with van der Waals surface area (Å²) < 4.78 is 10.5. The van der Waals surface area contributed by atoms with E-state index in [-0.39, 0.29) is 11.4 Å². The van der Waals surface area contributed by atoms with Crippen LogP contribution in [0.25, 0.3) is 17.2 Å². The molecule has 4 bridgehead atoms. The minimum absolute atomic E-state index is 0.133. The number of phenolic OH excluding ortho intramolecular Hbond substituents is 1. The Kier molecular flexibility index (Phi) is 5.48. The topological polar surface area (TPSA) is 55.8 Å². The van der Waals surface area contributed by atoms with Crippen LogP contribution in [-0.4, -0.2) is 24.8 Å². The normalized spacial score (nSPS) is 28.2. The summed E-state index contributed by atoms with van der Waals surface area (Å²) >= 11 is 0. The molecule has 0 aromatic heterocycles. The second kappa shape index (κ2) is 8.31. The Balaban J connectivity index is 1.50. The fourth-order valence-electron chi connectivity index (χ4n) is 6.97. The number of hydrogen-bond acceptors (Lipinski definition) is 4. The van der Waals surface area contributed by atoms with E-state index >= 15 is 0 Å². The van der Waals surface area contributed by atoms with Gasteiger partial charge in [0.15, 0.2) is 0 Å². The van der Waals surface area contributed by atoms with Gasteiger partial charge in [-0.1, -0.05) is 12.1 Å². The SMILES string of the molecule is CCOC(=O)/C=C/c1cc(-c2ccc(O)c(C34CC5CC(CC(C5)C3)C4)c2)ccc1OC. The van der Waals surface area contributed by atoms with Crippen LogP contribution in [0.5, 0.6) is 11.5 Å². The van der Waals surface area contributed by atoms with Crippen molar-refractivity contribution in [1.82, 2.24) is 0 Å². The Morgan fingerprint density at radius 2 is 1.66 bits per heavy atom. The summed E-state index contributed by atoms with van der Waals surface area (Å²) in [5.74, 6) is 3.24. The molecule has 0 radical (unpaired) electrons. The van der Waals surface area contributed by atoms with Gasteiger partial charge in [-0.3, -0.25) is 0 Å². The summed E-state index contributed by atoms with van der Waals surface area (Å²) in [7, 11) is 1.63. The lowest BCUT2D eigenvalue weighted by Gasteiger charge is -2.57. The van der Waals surface area contributed by atoms with Crippen molar-refractivity contribution < 1.29 is 19.4 Å². The number of carbonyl (C=O) groups excluding carboxylic acids is 1. The number of phenols is 1. The molecule has 2 aromatic carbocycles. The fourth-order valence-corrected chi connectivity index (χ4v) is 6.97. The second-order valence-electron chi connectivity index (χ2n) is 9.97. The third-order valence-electron chi connectivity index (χ3n) is 7.85. The molecule has 0 atom stereocenters. The predicted molar refractivity (Wildman–Crippen MR) is 126 cm³/mol. The first-order valence-electron chi connectivity index (χ1n) is 11.9. The molecule has 4 nitrogen and oxygen atoms in total. The lowest BCUT2D eigenvalue weighted by Crippen LogP contribution is -2.48. The monoisotopic (exact) mass is 432 g/mol. The summed E-state index contributed by atoms with van der Waals surface area (Å²) in [6.07, 6.45) is 11.0. The molecule has 4 heteroatoms. The maximum absolute atomic E-state index is 11.8. The van der Waals surface area contributed by atoms with Gasteiger partial charge in [-0.25, -0.2) is 4.79 Å². The molecule has 0 aliphatic heterocycles. The van der Waals surface area contributed by atoms with Crippen molar-refractivity contribution in [2.24, 2.45) is 17.8 Å². The minimum Gasteiger partial charge on any atom is -0.508 e. The van der Waals surface area contributed by atoms with Crippen molar-refractivity contribution in [1.29, 1.82) is 0 Å². The molecule has 4 fully saturated rings. The van der Waals surface area contributed by atoms with Crippen molar-refractivity contribution in [2.75, 3.05) is 13.7 Å².